The second-order valence-electron chi connectivity index (χ2n) is 11.0. The van der Waals surface area contributed by atoms with Crippen LogP contribution in [0.25, 0.3) is 11.5 Å². The molecule has 0 saturated heterocycles. The van der Waals surface area contributed by atoms with Crippen LogP contribution < -0.4 is 5.32 Å². The molecule has 0 saturated carbocycles. The minimum Gasteiger partial charge on any atom is -0.308 e. The van der Waals surface area contributed by atoms with Gasteiger partial charge in [0.2, 0.25) is 0 Å². The van der Waals surface area contributed by atoms with Gasteiger partial charge in [0.25, 0.3) is 0 Å². The average molecular weight is 530 g/mol. The summed E-state index contributed by atoms with van der Waals surface area (Å²) < 4.78 is 4.20. The van der Waals surface area contributed by atoms with Gasteiger partial charge in [0, 0.05) is 17.4 Å². The molecule has 1 N–H and O–H groups in total. The third kappa shape index (κ3) is 4.39. The molecule has 6 nitrogen and oxygen atoms in total. The number of fused-ring (bicyclic) bond motifs is 3. The highest BCUT2D eigenvalue weighted by molar-refractivity contribution is 5.91. The van der Waals surface area contributed by atoms with Crippen molar-refractivity contribution in [3.8, 4) is 11.5 Å². The van der Waals surface area contributed by atoms with E-state index in [9.17, 15) is 4.79 Å². The van der Waals surface area contributed by atoms with Crippen molar-refractivity contribution in [2.24, 2.45) is 0 Å². The maximum Gasteiger partial charge on any atom is 0.322 e. The average Bonchev–Trinajstić information content (AvgIpc) is 3.52. The van der Waals surface area contributed by atoms with Crippen molar-refractivity contribution in [3.05, 3.63) is 130 Å². The lowest BCUT2D eigenvalue weighted by molar-refractivity contribution is 0.194. The Hall–Kier alpha value is -4.58. The van der Waals surface area contributed by atoms with Gasteiger partial charge in [-0.3, -0.25) is 0 Å². The number of anilines is 1. The van der Waals surface area contributed by atoms with Gasteiger partial charge in [-0.1, -0.05) is 68.4 Å². The van der Waals surface area contributed by atoms with Crippen molar-refractivity contribution < 1.29 is 4.79 Å². The maximum absolute atomic E-state index is 14.3. The molecule has 6 rings (SSSR count). The molecule has 40 heavy (non-hydrogen) atoms. The number of carbonyl (C=O) groups excluding carboxylic acids is 1. The smallest absolute Gasteiger partial charge is 0.308 e. The van der Waals surface area contributed by atoms with Crippen LogP contribution in [0.15, 0.2) is 91.1 Å². The van der Waals surface area contributed by atoms with E-state index < -0.39 is 0 Å². The number of benzene rings is 3. The molecule has 0 bridgehead atoms. The van der Waals surface area contributed by atoms with Crippen LogP contribution in [-0.2, 0) is 6.54 Å². The SMILES string of the molecule is Cc1cccc(NC(=O)N2Cc3c(C)nn(-c4ccccc4)c3-n3cccc3[C@@H]2c2ccc(C(C)C)cc2)c1C. The first kappa shape index (κ1) is 25.7. The molecule has 3 heterocycles. The molecule has 1 atom stereocenters. The highest BCUT2D eigenvalue weighted by atomic mass is 16.2. The molecule has 6 heteroatoms. The van der Waals surface area contributed by atoms with Crippen molar-refractivity contribution in [2.45, 2.75) is 53.1 Å². The lowest BCUT2D eigenvalue weighted by atomic mass is 9.97. The van der Waals surface area contributed by atoms with Gasteiger partial charge in [0.1, 0.15) is 5.82 Å². The van der Waals surface area contributed by atoms with E-state index in [4.69, 9.17) is 5.10 Å². The largest absolute Gasteiger partial charge is 0.322 e. The van der Waals surface area contributed by atoms with Gasteiger partial charge in [0.15, 0.2) is 0 Å². The number of aryl methyl sites for hydroxylation is 2. The van der Waals surface area contributed by atoms with Crippen LogP contribution in [-0.4, -0.2) is 25.3 Å². The van der Waals surface area contributed by atoms with Gasteiger partial charge in [-0.15, -0.1) is 0 Å². The molecule has 0 fully saturated rings. The van der Waals surface area contributed by atoms with Crippen LogP contribution in [0.4, 0.5) is 10.5 Å². The summed E-state index contributed by atoms with van der Waals surface area (Å²) in [6.45, 7) is 11.0. The van der Waals surface area contributed by atoms with Crippen LogP contribution in [0.1, 0.15) is 65.0 Å². The summed E-state index contributed by atoms with van der Waals surface area (Å²) in [5, 5.41) is 8.19. The Morgan fingerprint density at radius 2 is 1.65 bits per heavy atom. The van der Waals surface area contributed by atoms with Crippen LogP contribution in [0.3, 0.4) is 0 Å². The Morgan fingerprint density at radius 3 is 2.38 bits per heavy atom. The molecule has 0 spiro atoms. The Bertz CT molecular complexity index is 1680. The molecule has 0 unspecified atom stereocenters. The van der Waals surface area contributed by atoms with Gasteiger partial charge in [-0.05, 0) is 79.3 Å². The summed E-state index contributed by atoms with van der Waals surface area (Å²) in [7, 11) is 0. The minimum atomic E-state index is -0.294. The Morgan fingerprint density at radius 1 is 0.900 bits per heavy atom. The first-order valence-electron chi connectivity index (χ1n) is 13.9. The van der Waals surface area contributed by atoms with Crippen molar-refractivity contribution >= 4 is 11.7 Å². The number of carbonyl (C=O) groups is 1. The Balaban J connectivity index is 1.53. The number of urea groups is 1. The fourth-order valence-corrected chi connectivity index (χ4v) is 5.64. The van der Waals surface area contributed by atoms with E-state index in [2.05, 4.69) is 91.4 Å². The first-order valence-corrected chi connectivity index (χ1v) is 13.9. The lowest BCUT2D eigenvalue weighted by Crippen LogP contribution is -2.38. The number of para-hydroxylation sites is 1. The van der Waals surface area contributed by atoms with E-state index in [1.54, 1.807) is 0 Å². The Labute approximate surface area is 235 Å². The lowest BCUT2D eigenvalue weighted by Gasteiger charge is -2.31. The van der Waals surface area contributed by atoms with Gasteiger partial charge < -0.3 is 14.8 Å². The summed E-state index contributed by atoms with van der Waals surface area (Å²) in [6.07, 6.45) is 2.08. The normalized spacial score (nSPS) is 14.6. The number of amides is 2. The minimum absolute atomic E-state index is 0.140. The topological polar surface area (TPSA) is 55.1 Å². The fourth-order valence-electron chi connectivity index (χ4n) is 5.64. The molecule has 0 aliphatic carbocycles. The van der Waals surface area contributed by atoms with Gasteiger partial charge >= 0.3 is 6.03 Å². The van der Waals surface area contributed by atoms with Crippen molar-refractivity contribution in [3.63, 3.8) is 0 Å². The van der Waals surface area contributed by atoms with Crippen LogP contribution in [0.5, 0.6) is 0 Å². The zero-order valence-electron chi connectivity index (χ0n) is 23.7. The number of nitrogens with zero attached hydrogens (tertiary/aromatic N) is 4. The third-order valence-corrected chi connectivity index (χ3v) is 8.11. The molecule has 202 valence electrons. The maximum atomic E-state index is 14.3. The molecule has 0 radical (unpaired) electrons. The quantitative estimate of drug-likeness (QED) is 0.258. The standard InChI is InChI=1S/C34H35N5O/c1-22(2)26-16-18-27(19-17-26)32-31-15-10-20-37(31)33-29(25(5)36-39(33)28-12-7-6-8-13-28)21-38(32)34(40)35-30-14-9-11-23(3)24(30)4/h6-20,22,32H,21H2,1-5H3,(H,35,40)/t32-/m0/s1. The van der Waals surface area contributed by atoms with E-state index in [1.165, 1.54) is 5.56 Å². The van der Waals surface area contributed by atoms with Crippen LogP contribution in [0.2, 0.25) is 0 Å². The number of rotatable bonds is 4. The molecular formula is C34H35N5O. The third-order valence-electron chi connectivity index (χ3n) is 8.11. The molecule has 2 amide bonds. The van der Waals surface area contributed by atoms with Crippen molar-refractivity contribution in [1.82, 2.24) is 19.2 Å². The summed E-state index contributed by atoms with van der Waals surface area (Å²) >= 11 is 0. The molecular weight excluding hydrogens is 494 g/mol. The predicted molar refractivity (Wildman–Crippen MR) is 160 cm³/mol. The predicted octanol–water partition coefficient (Wildman–Crippen LogP) is 7.85. The van der Waals surface area contributed by atoms with Crippen LogP contribution in [0, 0.1) is 20.8 Å². The zero-order valence-corrected chi connectivity index (χ0v) is 23.7. The van der Waals surface area contributed by atoms with Crippen molar-refractivity contribution in [2.75, 3.05) is 5.32 Å². The van der Waals surface area contributed by atoms with E-state index >= 15 is 0 Å². The summed E-state index contributed by atoms with van der Waals surface area (Å²) in [5.74, 6) is 1.40. The zero-order chi connectivity index (χ0) is 28.0. The molecule has 1 aliphatic rings. The number of aromatic nitrogens is 3. The molecule has 3 aromatic carbocycles. The van der Waals surface area contributed by atoms with E-state index in [0.29, 0.717) is 12.5 Å². The monoisotopic (exact) mass is 529 g/mol. The van der Waals surface area contributed by atoms with Gasteiger partial charge in [-0.2, -0.15) is 5.10 Å². The van der Waals surface area contributed by atoms with E-state index in [-0.39, 0.29) is 12.1 Å². The second-order valence-corrected chi connectivity index (χ2v) is 11.0. The van der Waals surface area contributed by atoms with Crippen LogP contribution >= 0.6 is 0 Å². The fraction of sp³-hybridized carbons (Fsp3) is 0.235. The summed E-state index contributed by atoms with van der Waals surface area (Å²) in [6, 6.07) is 28.6. The number of hydrogen-bond acceptors (Lipinski definition) is 2. The molecule has 5 aromatic rings. The molecule has 1 aliphatic heterocycles. The summed E-state index contributed by atoms with van der Waals surface area (Å²) in [4.78, 5) is 16.2. The van der Waals surface area contributed by atoms with E-state index in [1.807, 2.05) is 53.8 Å². The van der Waals surface area contributed by atoms with Crippen molar-refractivity contribution in [1.29, 1.82) is 0 Å². The van der Waals surface area contributed by atoms with Gasteiger partial charge in [-0.25, -0.2) is 9.48 Å². The van der Waals surface area contributed by atoms with Gasteiger partial charge in [0.05, 0.1) is 29.7 Å². The highest BCUT2D eigenvalue weighted by Crippen LogP contribution is 2.39. The molecule has 2 aromatic heterocycles. The van der Waals surface area contributed by atoms with E-state index in [0.717, 1.165) is 50.8 Å². The first-order chi connectivity index (χ1) is 19.3. The number of nitrogens with one attached hydrogen (secondary N) is 1. The summed E-state index contributed by atoms with van der Waals surface area (Å²) in [5.41, 5.74) is 9.32. The second kappa shape index (κ2) is 10.2. The highest BCUT2D eigenvalue weighted by Gasteiger charge is 2.36. The Kier molecular flexibility index (Phi) is 6.54. The number of hydrogen-bond donors (Lipinski definition) is 1.